The van der Waals surface area contributed by atoms with E-state index in [2.05, 4.69) is 21.9 Å². The van der Waals surface area contributed by atoms with Gasteiger partial charge < -0.3 is 4.42 Å². The third-order valence-corrected chi connectivity index (χ3v) is 5.26. The zero-order valence-electron chi connectivity index (χ0n) is 12.7. The number of hydrogen-bond acceptors (Lipinski definition) is 4. The second-order valence-electron chi connectivity index (χ2n) is 5.14. The van der Waals surface area contributed by atoms with Crippen LogP contribution < -0.4 is 0 Å². The highest BCUT2D eigenvalue weighted by Crippen LogP contribution is 2.33. The second kappa shape index (κ2) is 6.71. The van der Waals surface area contributed by atoms with Gasteiger partial charge in [0.05, 0.1) is 11.4 Å². The van der Waals surface area contributed by atoms with Crippen LogP contribution in [0.25, 0.3) is 17.4 Å². The summed E-state index contributed by atoms with van der Waals surface area (Å²) in [4.78, 5) is 25.3. The maximum Gasteiger partial charge on any atom is 0.294 e. The number of amides is 2. The Bertz CT molecular complexity index is 907. The van der Waals surface area contributed by atoms with Crippen LogP contribution in [0.3, 0.4) is 0 Å². The van der Waals surface area contributed by atoms with Crippen LogP contribution in [0, 0.1) is 19.3 Å². The summed E-state index contributed by atoms with van der Waals surface area (Å²) in [5.41, 5.74) is 2.04. The van der Waals surface area contributed by atoms with E-state index in [0.29, 0.717) is 16.4 Å². The molecule has 0 aliphatic carbocycles. The van der Waals surface area contributed by atoms with Crippen LogP contribution in [0.15, 0.2) is 44.1 Å². The Morgan fingerprint density at radius 1 is 1.33 bits per heavy atom. The molecule has 0 atom stereocenters. The van der Waals surface area contributed by atoms with Gasteiger partial charge in [-0.25, -0.2) is 0 Å². The number of furan rings is 1. The lowest BCUT2D eigenvalue weighted by atomic mass is 10.1. The maximum absolute atomic E-state index is 12.1. The highest BCUT2D eigenvalue weighted by atomic mass is 79.9. The SMILES string of the molecule is C#CCN1C(=O)S/C(=C\c2ccc(-c3ccc(Br)c(C)c3)o2)C1=O. The summed E-state index contributed by atoms with van der Waals surface area (Å²) in [5.74, 6) is 3.12. The Kier molecular flexibility index (Phi) is 4.65. The van der Waals surface area contributed by atoms with E-state index in [1.165, 1.54) is 0 Å². The van der Waals surface area contributed by atoms with Crippen molar-refractivity contribution in [2.45, 2.75) is 6.92 Å². The molecule has 0 N–H and O–H groups in total. The number of rotatable bonds is 3. The monoisotopic (exact) mass is 401 g/mol. The largest absolute Gasteiger partial charge is 0.457 e. The van der Waals surface area contributed by atoms with Crippen LogP contribution in [0.2, 0.25) is 0 Å². The van der Waals surface area contributed by atoms with E-state index < -0.39 is 0 Å². The fourth-order valence-electron chi connectivity index (χ4n) is 2.24. The summed E-state index contributed by atoms with van der Waals surface area (Å²) < 4.78 is 6.81. The minimum atomic E-state index is -0.389. The van der Waals surface area contributed by atoms with Crippen molar-refractivity contribution < 1.29 is 14.0 Å². The number of carbonyl (C=O) groups is 2. The predicted octanol–water partition coefficient (Wildman–Crippen LogP) is 4.69. The van der Waals surface area contributed by atoms with Crippen molar-refractivity contribution in [1.29, 1.82) is 0 Å². The topological polar surface area (TPSA) is 50.5 Å². The average molecular weight is 402 g/mol. The molecule has 24 heavy (non-hydrogen) atoms. The number of nitrogens with zero attached hydrogens (tertiary/aromatic N) is 1. The van der Waals surface area contributed by atoms with Crippen molar-refractivity contribution in [1.82, 2.24) is 4.90 Å². The summed E-state index contributed by atoms with van der Waals surface area (Å²) in [5, 5.41) is -0.362. The van der Waals surface area contributed by atoms with Crippen molar-refractivity contribution in [2.75, 3.05) is 6.54 Å². The molecule has 1 fully saturated rings. The molecular formula is C18H12BrNO3S. The van der Waals surface area contributed by atoms with Crippen molar-refractivity contribution >= 4 is 44.9 Å². The molecule has 1 aliphatic rings. The average Bonchev–Trinajstić information content (AvgIpc) is 3.11. The van der Waals surface area contributed by atoms with Crippen molar-refractivity contribution in [3.8, 4) is 23.7 Å². The molecule has 0 unspecified atom stereocenters. The Morgan fingerprint density at radius 2 is 2.12 bits per heavy atom. The summed E-state index contributed by atoms with van der Waals surface area (Å²) >= 11 is 4.33. The molecular weight excluding hydrogens is 390 g/mol. The number of aryl methyl sites for hydroxylation is 1. The molecule has 0 saturated carbocycles. The lowest BCUT2D eigenvalue weighted by molar-refractivity contribution is -0.122. The van der Waals surface area contributed by atoms with Gasteiger partial charge >= 0.3 is 0 Å². The molecule has 2 amide bonds. The van der Waals surface area contributed by atoms with E-state index in [4.69, 9.17) is 10.8 Å². The van der Waals surface area contributed by atoms with E-state index in [-0.39, 0.29) is 17.7 Å². The van der Waals surface area contributed by atoms with Gasteiger partial charge in [-0.05, 0) is 48.5 Å². The minimum absolute atomic E-state index is 0.0242. The lowest BCUT2D eigenvalue weighted by Gasteiger charge is -2.06. The first-order chi connectivity index (χ1) is 11.5. The standard InChI is InChI=1S/C18H12BrNO3S/c1-3-8-20-17(21)16(24-18(20)22)10-13-5-7-15(23-13)12-4-6-14(19)11(2)9-12/h1,4-7,9-10H,8H2,2H3/b16-10-. The zero-order valence-corrected chi connectivity index (χ0v) is 15.1. The molecule has 1 aromatic heterocycles. The number of thioether (sulfide) groups is 1. The third kappa shape index (κ3) is 3.18. The highest BCUT2D eigenvalue weighted by molar-refractivity contribution is 9.10. The summed E-state index contributed by atoms with van der Waals surface area (Å²) in [7, 11) is 0. The van der Waals surface area contributed by atoms with Crippen molar-refractivity contribution in [2.24, 2.45) is 0 Å². The first-order valence-electron chi connectivity index (χ1n) is 7.05. The van der Waals surface area contributed by atoms with Crippen molar-refractivity contribution in [3.05, 3.63) is 51.0 Å². The van der Waals surface area contributed by atoms with Crippen LogP contribution in [0.5, 0.6) is 0 Å². The van der Waals surface area contributed by atoms with Gasteiger partial charge in [-0.2, -0.15) is 0 Å². The van der Waals surface area contributed by atoms with Gasteiger partial charge in [0.25, 0.3) is 11.1 Å². The molecule has 6 heteroatoms. The second-order valence-corrected chi connectivity index (χ2v) is 6.99. The molecule has 3 rings (SSSR count). The number of carbonyl (C=O) groups excluding carboxylic acids is 2. The summed E-state index contributed by atoms with van der Waals surface area (Å²) in [6, 6.07) is 9.51. The van der Waals surface area contributed by atoms with Crippen LogP contribution in [-0.4, -0.2) is 22.6 Å². The van der Waals surface area contributed by atoms with E-state index in [9.17, 15) is 9.59 Å². The summed E-state index contributed by atoms with van der Waals surface area (Å²) in [6.45, 7) is 1.97. The van der Waals surface area contributed by atoms with Gasteiger partial charge in [0, 0.05) is 16.1 Å². The predicted molar refractivity (Wildman–Crippen MR) is 98.1 cm³/mol. The molecule has 2 heterocycles. The third-order valence-electron chi connectivity index (χ3n) is 3.47. The van der Waals surface area contributed by atoms with Gasteiger partial charge in [0.2, 0.25) is 0 Å². The van der Waals surface area contributed by atoms with Crippen molar-refractivity contribution in [3.63, 3.8) is 0 Å². The quantitative estimate of drug-likeness (QED) is 0.552. The van der Waals surface area contributed by atoms with E-state index in [0.717, 1.165) is 32.3 Å². The molecule has 0 spiro atoms. The molecule has 120 valence electrons. The van der Waals surface area contributed by atoms with E-state index >= 15 is 0 Å². The Hall–Kier alpha value is -2.23. The maximum atomic E-state index is 12.1. The van der Waals surface area contributed by atoms with Gasteiger partial charge in [0.1, 0.15) is 11.5 Å². The lowest BCUT2D eigenvalue weighted by Crippen LogP contribution is -2.28. The number of hydrogen-bond donors (Lipinski definition) is 0. The number of benzene rings is 1. The van der Waals surface area contributed by atoms with Crippen LogP contribution in [0.1, 0.15) is 11.3 Å². The zero-order chi connectivity index (χ0) is 17.3. The van der Waals surface area contributed by atoms with E-state index in [1.807, 2.05) is 31.2 Å². The molecule has 1 saturated heterocycles. The highest BCUT2D eigenvalue weighted by Gasteiger charge is 2.34. The molecule has 1 aromatic carbocycles. The number of terminal acetylenes is 1. The normalized spacial score (nSPS) is 16.0. The molecule has 4 nitrogen and oxygen atoms in total. The van der Waals surface area contributed by atoms with Gasteiger partial charge in [-0.3, -0.25) is 14.5 Å². The molecule has 1 aliphatic heterocycles. The first kappa shape index (κ1) is 16.6. The summed E-state index contributed by atoms with van der Waals surface area (Å²) in [6.07, 6.45) is 6.74. The van der Waals surface area contributed by atoms with Crippen LogP contribution in [0.4, 0.5) is 4.79 Å². The molecule has 2 aromatic rings. The number of halogens is 1. The van der Waals surface area contributed by atoms with Gasteiger partial charge in [-0.1, -0.05) is 27.9 Å². The smallest absolute Gasteiger partial charge is 0.294 e. The Morgan fingerprint density at radius 3 is 2.83 bits per heavy atom. The van der Waals surface area contributed by atoms with E-state index in [1.54, 1.807) is 12.1 Å². The van der Waals surface area contributed by atoms with Crippen LogP contribution in [-0.2, 0) is 4.79 Å². The fraction of sp³-hybridized carbons (Fsp3) is 0.111. The van der Waals surface area contributed by atoms with Gasteiger partial charge in [0.15, 0.2) is 0 Å². The minimum Gasteiger partial charge on any atom is -0.457 e. The Balaban J connectivity index is 1.86. The van der Waals surface area contributed by atoms with Gasteiger partial charge in [-0.15, -0.1) is 6.42 Å². The Labute approximate surface area is 152 Å². The fourth-order valence-corrected chi connectivity index (χ4v) is 3.31. The number of imide groups is 1. The first-order valence-corrected chi connectivity index (χ1v) is 8.65. The van der Waals surface area contributed by atoms with Crippen LogP contribution >= 0.6 is 27.7 Å². The molecule has 0 radical (unpaired) electrons. The molecule has 0 bridgehead atoms.